The number of amides is 2. The molecule has 1 unspecified atom stereocenters. The number of alkyl halides is 3. The first-order valence-electron chi connectivity index (χ1n) is 7.76. The van der Waals surface area contributed by atoms with Crippen LogP contribution in [-0.4, -0.2) is 37.1 Å². The van der Waals surface area contributed by atoms with E-state index in [1.807, 2.05) is 5.32 Å². The largest absolute Gasteiger partial charge is 0.405 e. The first kappa shape index (κ1) is 21.2. The van der Waals surface area contributed by atoms with E-state index >= 15 is 0 Å². The fraction of sp³-hybridized carbons (Fsp3) is 0.500. The second-order valence-electron chi connectivity index (χ2n) is 5.82. The summed E-state index contributed by atoms with van der Waals surface area (Å²) in [4.78, 5) is 24.0. The number of anilines is 1. The molecule has 3 N–H and O–H groups in total. The highest BCUT2D eigenvalue weighted by Crippen LogP contribution is 2.19. The quantitative estimate of drug-likeness (QED) is 0.753. The third-order valence-electron chi connectivity index (χ3n) is 3.83. The molecule has 5 nitrogen and oxygen atoms in total. The molecule has 0 aliphatic carbocycles. The van der Waals surface area contributed by atoms with Crippen LogP contribution in [0.4, 0.5) is 18.9 Å². The van der Waals surface area contributed by atoms with Gasteiger partial charge in [-0.3, -0.25) is 9.59 Å². The van der Waals surface area contributed by atoms with E-state index in [1.54, 1.807) is 13.0 Å². The number of hydrogen-bond donors (Lipinski definition) is 3. The maximum atomic E-state index is 12.2. The van der Waals surface area contributed by atoms with Crippen LogP contribution in [0.15, 0.2) is 18.2 Å². The van der Waals surface area contributed by atoms with Gasteiger partial charge in [0.2, 0.25) is 5.91 Å². The van der Waals surface area contributed by atoms with Gasteiger partial charge in [0.1, 0.15) is 6.54 Å². The smallest absolute Gasteiger partial charge is 0.343 e. The molecule has 1 saturated heterocycles. The summed E-state index contributed by atoms with van der Waals surface area (Å²) >= 11 is 0. The predicted octanol–water partition coefficient (Wildman–Crippen LogP) is 2.79. The third kappa shape index (κ3) is 6.55. The molecule has 1 aromatic rings. The van der Waals surface area contributed by atoms with E-state index in [2.05, 4.69) is 10.6 Å². The lowest BCUT2D eigenvalue weighted by Crippen LogP contribution is -2.43. The Bertz CT molecular complexity index is 617. The predicted molar refractivity (Wildman–Crippen MR) is 91.1 cm³/mol. The summed E-state index contributed by atoms with van der Waals surface area (Å²) in [6.07, 6.45) is -1.75. The standard InChI is InChI=1S/C16H20F3N3O2.ClH/c1-10-5-6-11(14(23)21-9-16(17,18)19)8-13(10)22-15(24)12-4-2-3-7-20-12;/h5-6,8,12,20H,2-4,7,9H2,1H3,(H,21,23)(H,22,24);1H. The number of halogens is 4. The van der Waals surface area contributed by atoms with Gasteiger partial charge in [-0.25, -0.2) is 0 Å². The molecule has 0 bridgehead atoms. The number of nitrogens with one attached hydrogen (secondary N) is 3. The summed E-state index contributed by atoms with van der Waals surface area (Å²) in [5.74, 6) is -1.04. The summed E-state index contributed by atoms with van der Waals surface area (Å²) in [6, 6.07) is 4.12. The van der Waals surface area contributed by atoms with Crippen molar-refractivity contribution in [1.82, 2.24) is 10.6 Å². The summed E-state index contributed by atoms with van der Waals surface area (Å²) in [6.45, 7) is 1.13. The summed E-state index contributed by atoms with van der Waals surface area (Å²) in [5.41, 5.74) is 1.22. The van der Waals surface area contributed by atoms with Crippen LogP contribution >= 0.6 is 12.4 Å². The van der Waals surface area contributed by atoms with Gasteiger partial charge in [-0.2, -0.15) is 13.2 Å². The molecule has 1 atom stereocenters. The van der Waals surface area contributed by atoms with Gasteiger partial charge in [0.15, 0.2) is 0 Å². The van der Waals surface area contributed by atoms with Gasteiger partial charge in [0, 0.05) is 11.3 Å². The summed E-state index contributed by atoms with van der Waals surface area (Å²) in [5, 5.41) is 7.67. The van der Waals surface area contributed by atoms with Crippen LogP contribution in [0.3, 0.4) is 0 Å². The molecule has 25 heavy (non-hydrogen) atoms. The maximum absolute atomic E-state index is 12.2. The van der Waals surface area contributed by atoms with Crippen molar-refractivity contribution >= 4 is 29.9 Å². The molecule has 1 heterocycles. The molecule has 140 valence electrons. The minimum atomic E-state index is -4.47. The van der Waals surface area contributed by atoms with E-state index in [0.717, 1.165) is 31.4 Å². The first-order chi connectivity index (χ1) is 11.3. The Kier molecular flexibility index (Phi) is 7.69. The van der Waals surface area contributed by atoms with E-state index in [9.17, 15) is 22.8 Å². The van der Waals surface area contributed by atoms with Gasteiger partial charge in [0.05, 0.1) is 6.04 Å². The zero-order valence-corrected chi connectivity index (χ0v) is 14.5. The highest BCUT2D eigenvalue weighted by atomic mass is 35.5. The Balaban J connectivity index is 0.00000312. The molecule has 1 aromatic carbocycles. The Morgan fingerprint density at radius 1 is 1.28 bits per heavy atom. The molecule has 1 aliphatic rings. The van der Waals surface area contributed by atoms with Gasteiger partial charge in [-0.05, 0) is 44.0 Å². The number of benzene rings is 1. The lowest BCUT2D eigenvalue weighted by atomic mass is 10.0. The van der Waals surface area contributed by atoms with Gasteiger partial charge in [-0.1, -0.05) is 12.5 Å². The van der Waals surface area contributed by atoms with Crippen molar-refractivity contribution in [2.24, 2.45) is 0 Å². The lowest BCUT2D eigenvalue weighted by Gasteiger charge is -2.23. The molecule has 0 radical (unpaired) electrons. The van der Waals surface area contributed by atoms with Crippen molar-refractivity contribution in [1.29, 1.82) is 0 Å². The van der Waals surface area contributed by atoms with Gasteiger partial charge < -0.3 is 16.0 Å². The SMILES string of the molecule is Cc1ccc(C(=O)NCC(F)(F)F)cc1NC(=O)C1CCCCN1.Cl. The first-order valence-corrected chi connectivity index (χ1v) is 7.76. The van der Waals surface area contributed by atoms with Crippen LogP contribution < -0.4 is 16.0 Å². The molecule has 9 heteroatoms. The van der Waals surface area contributed by atoms with E-state index in [4.69, 9.17) is 0 Å². The fourth-order valence-corrected chi connectivity index (χ4v) is 2.48. The second kappa shape index (κ2) is 9.05. The number of aryl methyl sites for hydroxylation is 1. The number of piperidine rings is 1. The third-order valence-corrected chi connectivity index (χ3v) is 3.83. The number of carbonyl (C=O) groups excluding carboxylic acids is 2. The Labute approximate surface area is 150 Å². The molecular formula is C16H21ClF3N3O2. The Morgan fingerprint density at radius 2 is 2.00 bits per heavy atom. The van der Waals surface area contributed by atoms with Crippen LogP contribution in [0.25, 0.3) is 0 Å². The molecular weight excluding hydrogens is 359 g/mol. The minimum Gasteiger partial charge on any atom is -0.343 e. The lowest BCUT2D eigenvalue weighted by molar-refractivity contribution is -0.123. The average molecular weight is 380 g/mol. The average Bonchev–Trinajstić information content (AvgIpc) is 2.54. The molecule has 1 fully saturated rings. The monoisotopic (exact) mass is 379 g/mol. The topological polar surface area (TPSA) is 70.2 Å². The zero-order valence-electron chi connectivity index (χ0n) is 13.7. The van der Waals surface area contributed by atoms with Crippen molar-refractivity contribution in [3.8, 4) is 0 Å². The number of rotatable bonds is 4. The molecule has 0 saturated carbocycles. The normalized spacial score (nSPS) is 17.4. The fourth-order valence-electron chi connectivity index (χ4n) is 2.48. The van der Waals surface area contributed by atoms with Crippen LogP contribution in [0.2, 0.25) is 0 Å². The molecule has 0 aromatic heterocycles. The van der Waals surface area contributed by atoms with E-state index < -0.39 is 18.6 Å². The Hall–Kier alpha value is -1.80. The zero-order chi connectivity index (χ0) is 17.7. The van der Waals surface area contributed by atoms with E-state index in [0.29, 0.717) is 5.69 Å². The Morgan fingerprint density at radius 3 is 2.60 bits per heavy atom. The summed E-state index contributed by atoms with van der Waals surface area (Å²) < 4.78 is 36.5. The molecule has 2 amide bonds. The van der Waals surface area contributed by atoms with Crippen LogP contribution in [0.5, 0.6) is 0 Å². The summed E-state index contributed by atoms with van der Waals surface area (Å²) in [7, 11) is 0. The highest BCUT2D eigenvalue weighted by molar-refractivity contribution is 5.99. The van der Waals surface area contributed by atoms with Crippen molar-refractivity contribution in [2.45, 2.75) is 38.4 Å². The van der Waals surface area contributed by atoms with E-state index in [-0.39, 0.29) is 29.9 Å². The van der Waals surface area contributed by atoms with Crippen molar-refractivity contribution in [2.75, 3.05) is 18.4 Å². The molecule has 1 aliphatic heterocycles. The maximum Gasteiger partial charge on any atom is 0.405 e. The second-order valence-corrected chi connectivity index (χ2v) is 5.82. The van der Waals surface area contributed by atoms with Crippen LogP contribution in [0, 0.1) is 6.92 Å². The van der Waals surface area contributed by atoms with Gasteiger partial charge >= 0.3 is 6.18 Å². The van der Waals surface area contributed by atoms with E-state index in [1.165, 1.54) is 12.1 Å². The number of carbonyl (C=O) groups is 2. The van der Waals surface area contributed by atoms with Crippen LogP contribution in [0.1, 0.15) is 35.2 Å². The number of hydrogen-bond acceptors (Lipinski definition) is 3. The highest BCUT2D eigenvalue weighted by Gasteiger charge is 2.28. The van der Waals surface area contributed by atoms with Gasteiger partial charge in [0.25, 0.3) is 5.91 Å². The van der Waals surface area contributed by atoms with Gasteiger partial charge in [-0.15, -0.1) is 12.4 Å². The molecule has 2 rings (SSSR count). The van der Waals surface area contributed by atoms with Crippen molar-refractivity contribution in [3.05, 3.63) is 29.3 Å². The van der Waals surface area contributed by atoms with Crippen molar-refractivity contribution in [3.63, 3.8) is 0 Å². The minimum absolute atomic E-state index is 0. The van der Waals surface area contributed by atoms with Crippen molar-refractivity contribution < 1.29 is 22.8 Å². The van der Waals surface area contributed by atoms with Crippen LogP contribution in [-0.2, 0) is 4.79 Å². The molecule has 0 spiro atoms.